The van der Waals surface area contributed by atoms with Crippen molar-refractivity contribution < 1.29 is 14.7 Å². The zero-order chi connectivity index (χ0) is 8.85. The predicted octanol–water partition coefficient (Wildman–Crippen LogP) is -0.645. The highest BCUT2D eigenvalue weighted by Crippen LogP contribution is 1.82. The summed E-state index contributed by atoms with van der Waals surface area (Å²) in [6.07, 6.45) is 0. The maximum absolute atomic E-state index is 10.6. The minimum Gasteiger partial charge on any atom is -0.461 e. The van der Waals surface area contributed by atoms with E-state index in [4.69, 9.17) is 5.21 Å². The van der Waals surface area contributed by atoms with E-state index in [1.807, 2.05) is 0 Å². The lowest BCUT2D eigenvalue weighted by atomic mass is 10.6. The first kappa shape index (κ1) is 10.1. The molecule has 0 fully saturated rings. The molecule has 0 atom stereocenters. The van der Waals surface area contributed by atoms with Crippen LogP contribution in [-0.2, 0) is 9.53 Å². The Balaban J connectivity index is 3.54. The second-order valence-corrected chi connectivity index (χ2v) is 2.11. The van der Waals surface area contributed by atoms with Gasteiger partial charge in [-0.15, -0.1) is 0 Å². The number of likely N-dealkylation sites (N-methyl/N-ethyl adjacent to an activating group) is 1. The van der Waals surface area contributed by atoms with Gasteiger partial charge >= 0.3 is 0 Å². The molecule has 2 N–H and O–H groups in total. The number of hydroxylamine groups is 2. The van der Waals surface area contributed by atoms with Crippen LogP contribution in [0, 0.1) is 0 Å². The SMILES string of the molecule is CNC(=S)OCC(=O)N(C)O. The van der Waals surface area contributed by atoms with Gasteiger partial charge in [-0.25, -0.2) is 5.06 Å². The molecule has 6 heteroatoms. The standard InChI is InChI=1S/C5H10N2O3S/c1-6-5(11)10-3-4(8)7(2)9/h9H,3H2,1-2H3,(H,6,11). The number of nitrogens with one attached hydrogen (secondary N) is 1. The third-order valence-corrected chi connectivity index (χ3v) is 1.21. The third-order valence-electron chi connectivity index (χ3n) is 0.892. The van der Waals surface area contributed by atoms with Crippen molar-refractivity contribution >= 4 is 23.3 Å². The summed E-state index contributed by atoms with van der Waals surface area (Å²) in [5, 5.41) is 11.6. The number of carbonyl (C=O) groups is 1. The summed E-state index contributed by atoms with van der Waals surface area (Å²) in [4.78, 5) is 10.6. The third kappa shape index (κ3) is 4.51. The summed E-state index contributed by atoms with van der Waals surface area (Å²) in [6, 6.07) is 0. The lowest BCUT2D eigenvalue weighted by molar-refractivity contribution is -0.161. The molecule has 0 spiro atoms. The van der Waals surface area contributed by atoms with Gasteiger partial charge in [0.05, 0.1) is 0 Å². The Bertz CT molecular complexity index is 160. The molecule has 0 aromatic heterocycles. The maximum Gasteiger partial charge on any atom is 0.283 e. The van der Waals surface area contributed by atoms with Crippen molar-refractivity contribution in [3.05, 3.63) is 0 Å². The van der Waals surface area contributed by atoms with Crippen molar-refractivity contribution in [1.82, 2.24) is 10.4 Å². The van der Waals surface area contributed by atoms with Crippen LogP contribution in [0.5, 0.6) is 0 Å². The van der Waals surface area contributed by atoms with E-state index in [0.717, 1.165) is 0 Å². The van der Waals surface area contributed by atoms with Crippen molar-refractivity contribution in [2.24, 2.45) is 0 Å². The molecule has 11 heavy (non-hydrogen) atoms. The van der Waals surface area contributed by atoms with Gasteiger partial charge in [0.15, 0.2) is 6.61 Å². The molecule has 1 amide bonds. The summed E-state index contributed by atoms with van der Waals surface area (Å²) in [6.45, 7) is -0.257. The molecule has 0 rings (SSSR count). The molecule has 5 nitrogen and oxygen atoms in total. The Labute approximate surface area is 69.9 Å². The number of hydrogen-bond acceptors (Lipinski definition) is 4. The Morgan fingerprint density at radius 3 is 2.73 bits per heavy atom. The number of hydrogen-bond donors (Lipinski definition) is 2. The molecule has 64 valence electrons. The van der Waals surface area contributed by atoms with Crippen LogP contribution in [0.1, 0.15) is 0 Å². The second kappa shape index (κ2) is 4.86. The van der Waals surface area contributed by atoms with Crippen molar-refractivity contribution in [2.45, 2.75) is 0 Å². The summed E-state index contributed by atoms with van der Waals surface area (Å²) in [7, 11) is 2.80. The summed E-state index contributed by atoms with van der Waals surface area (Å²) < 4.78 is 4.68. The van der Waals surface area contributed by atoms with E-state index < -0.39 is 5.91 Å². The second-order valence-electron chi connectivity index (χ2n) is 1.74. The van der Waals surface area contributed by atoms with Crippen LogP contribution in [0.15, 0.2) is 0 Å². The lowest BCUT2D eigenvalue weighted by Crippen LogP contribution is -2.30. The number of rotatable bonds is 2. The Morgan fingerprint density at radius 1 is 1.82 bits per heavy atom. The molecular formula is C5H10N2O3S. The smallest absolute Gasteiger partial charge is 0.283 e. The fraction of sp³-hybridized carbons (Fsp3) is 0.600. The average Bonchev–Trinajstić information content (AvgIpc) is 1.99. The van der Waals surface area contributed by atoms with Crippen LogP contribution in [0.3, 0.4) is 0 Å². The van der Waals surface area contributed by atoms with Crippen molar-refractivity contribution in [3.8, 4) is 0 Å². The predicted molar refractivity (Wildman–Crippen MR) is 42.2 cm³/mol. The Kier molecular flexibility index (Phi) is 4.47. The first-order chi connectivity index (χ1) is 5.07. The molecule has 0 aromatic carbocycles. The minimum atomic E-state index is -0.553. The minimum absolute atomic E-state index is 0.125. The maximum atomic E-state index is 10.6. The quantitative estimate of drug-likeness (QED) is 0.334. The van der Waals surface area contributed by atoms with Crippen molar-refractivity contribution in [1.29, 1.82) is 0 Å². The Hall–Kier alpha value is -0.880. The Morgan fingerprint density at radius 2 is 2.36 bits per heavy atom. The van der Waals surface area contributed by atoms with Gasteiger partial charge in [-0.2, -0.15) is 0 Å². The normalized spacial score (nSPS) is 8.64. The highest BCUT2D eigenvalue weighted by atomic mass is 32.1. The van der Waals surface area contributed by atoms with Crippen LogP contribution in [0.2, 0.25) is 0 Å². The van der Waals surface area contributed by atoms with E-state index in [9.17, 15) is 4.79 Å². The first-order valence-electron chi connectivity index (χ1n) is 2.88. The van der Waals surface area contributed by atoms with Gasteiger partial charge in [0.1, 0.15) is 0 Å². The molecule has 0 aliphatic heterocycles. The number of amides is 1. The van der Waals surface area contributed by atoms with E-state index in [-0.39, 0.29) is 11.8 Å². The molecule has 0 unspecified atom stereocenters. The number of ether oxygens (including phenoxy) is 1. The van der Waals surface area contributed by atoms with Gasteiger partial charge in [0.25, 0.3) is 11.1 Å². The molecule has 0 aliphatic rings. The van der Waals surface area contributed by atoms with E-state index in [2.05, 4.69) is 22.3 Å². The van der Waals surface area contributed by atoms with Crippen LogP contribution < -0.4 is 5.32 Å². The molecule has 0 saturated heterocycles. The van der Waals surface area contributed by atoms with Crippen molar-refractivity contribution in [2.75, 3.05) is 20.7 Å². The van der Waals surface area contributed by atoms with Gasteiger partial charge < -0.3 is 10.1 Å². The monoisotopic (exact) mass is 178 g/mol. The van der Waals surface area contributed by atoms with Crippen LogP contribution >= 0.6 is 12.2 Å². The fourth-order valence-corrected chi connectivity index (χ4v) is 0.352. The molecule has 0 saturated carbocycles. The molecular weight excluding hydrogens is 168 g/mol. The van der Waals surface area contributed by atoms with Gasteiger partial charge in [0.2, 0.25) is 0 Å². The van der Waals surface area contributed by atoms with Gasteiger partial charge in [-0.1, -0.05) is 0 Å². The van der Waals surface area contributed by atoms with Gasteiger partial charge in [0, 0.05) is 14.1 Å². The van der Waals surface area contributed by atoms with Gasteiger partial charge in [-0.3, -0.25) is 10.0 Å². The largest absolute Gasteiger partial charge is 0.461 e. The van der Waals surface area contributed by atoms with E-state index in [0.29, 0.717) is 5.06 Å². The zero-order valence-corrected chi connectivity index (χ0v) is 7.14. The number of thiocarbonyl (C=S) groups is 1. The highest BCUT2D eigenvalue weighted by Gasteiger charge is 2.06. The van der Waals surface area contributed by atoms with Crippen LogP contribution in [-0.4, -0.2) is 42.1 Å². The summed E-state index contributed by atoms with van der Waals surface area (Å²) in [5.74, 6) is -0.553. The van der Waals surface area contributed by atoms with E-state index in [1.165, 1.54) is 7.05 Å². The van der Waals surface area contributed by atoms with E-state index in [1.54, 1.807) is 7.05 Å². The van der Waals surface area contributed by atoms with Gasteiger partial charge in [-0.05, 0) is 12.2 Å². The lowest BCUT2D eigenvalue weighted by Gasteiger charge is -2.09. The van der Waals surface area contributed by atoms with Crippen LogP contribution in [0.25, 0.3) is 0 Å². The van der Waals surface area contributed by atoms with E-state index >= 15 is 0 Å². The van der Waals surface area contributed by atoms with Crippen molar-refractivity contribution in [3.63, 3.8) is 0 Å². The summed E-state index contributed by atoms with van der Waals surface area (Å²) >= 11 is 4.57. The molecule has 0 heterocycles. The molecule has 0 radical (unpaired) electrons. The zero-order valence-electron chi connectivity index (χ0n) is 6.33. The average molecular weight is 178 g/mol. The molecule has 0 aliphatic carbocycles. The summed E-state index contributed by atoms with van der Waals surface area (Å²) in [5.41, 5.74) is 0. The topological polar surface area (TPSA) is 61.8 Å². The first-order valence-corrected chi connectivity index (χ1v) is 3.28. The molecule has 0 aromatic rings. The fourth-order valence-electron chi connectivity index (χ4n) is 0.293. The van der Waals surface area contributed by atoms with Crippen LogP contribution in [0.4, 0.5) is 0 Å². The highest BCUT2D eigenvalue weighted by molar-refractivity contribution is 7.80. The number of carbonyl (C=O) groups excluding carboxylic acids is 1. The number of nitrogens with zero attached hydrogens (tertiary/aromatic N) is 1. The molecule has 0 bridgehead atoms.